The van der Waals surface area contributed by atoms with Crippen molar-refractivity contribution in [2.45, 2.75) is 26.8 Å². The van der Waals surface area contributed by atoms with Gasteiger partial charge in [0.1, 0.15) is 0 Å². The second-order valence-electron chi connectivity index (χ2n) is 4.40. The van der Waals surface area contributed by atoms with Crippen molar-refractivity contribution in [3.8, 4) is 0 Å². The van der Waals surface area contributed by atoms with E-state index in [1.807, 2.05) is 0 Å². The van der Waals surface area contributed by atoms with E-state index in [0.717, 1.165) is 0 Å². The lowest BCUT2D eigenvalue weighted by molar-refractivity contribution is -0.119. The Morgan fingerprint density at radius 2 is 1.72 bits per heavy atom. The quantitative estimate of drug-likeness (QED) is 0.757. The van der Waals surface area contributed by atoms with Crippen molar-refractivity contribution in [1.82, 2.24) is 0 Å². The average molecular weight is 249 g/mol. The van der Waals surface area contributed by atoms with Crippen molar-refractivity contribution in [3.05, 3.63) is 24.3 Å². The monoisotopic (exact) mass is 249 g/mol. The minimum atomic E-state index is -0.269. The molecule has 2 amide bonds. The maximum atomic E-state index is 11.8. The first kappa shape index (κ1) is 14.2. The van der Waals surface area contributed by atoms with Crippen LogP contribution in [0.15, 0.2) is 24.3 Å². The fourth-order valence-electron chi connectivity index (χ4n) is 1.37. The number of carbonyl (C=O) groups is 2. The van der Waals surface area contributed by atoms with Crippen LogP contribution < -0.4 is 16.4 Å². The molecule has 0 heterocycles. The zero-order valence-electron chi connectivity index (χ0n) is 10.9. The summed E-state index contributed by atoms with van der Waals surface area (Å²) in [5.74, 6) is -0.554. The molecule has 1 rings (SSSR count). The Bertz CT molecular complexity index is 444. The molecular formula is C13H19N3O2. The lowest BCUT2D eigenvalue weighted by Crippen LogP contribution is -2.34. The molecule has 0 aromatic heterocycles. The molecule has 0 fully saturated rings. The molecule has 0 aliphatic carbocycles. The van der Waals surface area contributed by atoms with Crippen molar-refractivity contribution >= 4 is 23.2 Å². The minimum absolute atomic E-state index is 0.134. The van der Waals surface area contributed by atoms with Gasteiger partial charge in [-0.15, -0.1) is 0 Å². The van der Waals surface area contributed by atoms with Crippen molar-refractivity contribution in [3.63, 3.8) is 0 Å². The van der Waals surface area contributed by atoms with Gasteiger partial charge in [0.2, 0.25) is 11.8 Å². The molecule has 0 bridgehead atoms. The number of amides is 2. The molecule has 0 saturated carbocycles. The van der Waals surface area contributed by atoms with Gasteiger partial charge in [0.05, 0.1) is 5.92 Å². The van der Waals surface area contributed by atoms with E-state index < -0.39 is 0 Å². The van der Waals surface area contributed by atoms with E-state index in [1.165, 1.54) is 6.92 Å². The van der Waals surface area contributed by atoms with E-state index in [1.54, 1.807) is 38.1 Å². The molecule has 2 unspecified atom stereocenters. The minimum Gasteiger partial charge on any atom is -0.327 e. The van der Waals surface area contributed by atoms with Crippen LogP contribution in [-0.2, 0) is 9.59 Å². The summed E-state index contributed by atoms with van der Waals surface area (Å²) in [5, 5.41) is 5.42. The van der Waals surface area contributed by atoms with Gasteiger partial charge in [-0.3, -0.25) is 9.59 Å². The molecule has 5 heteroatoms. The lowest BCUT2D eigenvalue weighted by atomic mass is 10.0. The molecule has 18 heavy (non-hydrogen) atoms. The van der Waals surface area contributed by atoms with Crippen LogP contribution in [0.4, 0.5) is 11.4 Å². The van der Waals surface area contributed by atoms with E-state index in [-0.39, 0.29) is 23.8 Å². The van der Waals surface area contributed by atoms with Gasteiger partial charge in [-0.1, -0.05) is 13.0 Å². The highest BCUT2D eigenvalue weighted by atomic mass is 16.2. The first-order valence-electron chi connectivity index (χ1n) is 5.84. The van der Waals surface area contributed by atoms with E-state index in [2.05, 4.69) is 10.6 Å². The van der Waals surface area contributed by atoms with Gasteiger partial charge in [0.25, 0.3) is 0 Å². The number of hydrogen-bond acceptors (Lipinski definition) is 3. The van der Waals surface area contributed by atoms with Crippen LogP contribution in [0.2, 0.25) is 0 Å². The molecule has 0 aliphatic rings. The lowest BCUT2D eigenvalue weighted by Gasteiger charge is -2.15. The molecule has 4 N–H and O–H groups in total. The largest absolute Gasteiger partial charge is 0.327 e. The first-order chi connectivity index (χ1) is 8.40. The summed E-state index contributed by atoms with van der Waals surface area (Å²) in [6.07, 6.45) is 0. The highest BCUT2D eigenvalue weighted by molar-refractivity contribution is 5.94. The Balaban J connectivity index is 2.73. The maximum absolute atomic E-state index is 11.8. The first-order valence-corrected chi connectivity index (χ1v) is 5.84. The Kier molecular flexibility index (Phi) is 4.85. The van der Waals surface area contributed by atoms with Crippen molar-refractivity contribution in [1.29, 1.82) is 0 Å². The Hall–Kier alpha value is -1.88. The highest BCUT2D eigenvalue weighted by Crippen LogP contribution is 2.16. The van der Waals surface area contributed by atoms with E-state index >= 15 is 0 Å². The van der Waals surface area contributed by atoms with Gasteiger partial charge in [-0.25, -0.2) is 0 Å². The molecular weight excluding hydrogens is 230 g/mol. The van der Waals surface area contributed by atoms with Gasteiger partial charge in [0, 0.05) is 24.3 Å². The van der Waals surface area contributed by atoms with Gasteiger partial charge < -0.3 is 16.4 Å². The van der Waals surface area contributed by atoms with Crippen LogP contribution in [0.3, 0.4) is 0 Å². The predicted octanol–water partition coefficient (Wildman–Crippen LogP) is 1.57. The summed E-state index contributed by atoms with van der Waals surface area (Å²) < 4.78 is 0. The zero-order chi connectivity index (χ0) is 13.7. The second-order valence-corrected chi connectivity index (χ2v) is 4.40. The highest BCUT2D eigenvalue weighted by Gasteiger charge is 2.16. The normalized spacial score (nSPS) is 13.6. The third-order valence-corrected chi connectivity index (χ3v) is 2.65. The molecule has 0 saturated heterocycles. The summed E-state index contributed by atoms with van der Waals surface area (Å²) >= 11 is 0. The Labute approximate surface area is 107 Å². The maximum Gasteiger partial charge on any atom is 0.228 e. The van der Waals surface area contributed by atoms with Gasteiger partial charge in [-0.2, -0.15) is 0 Å². The third kappa shape index (κ3) is 4.18. The summed E-state index contributed by atoms with van der Waals surface area (Å²) in [4.78, 5) is 22.7. The number of rotatable bonds is 4. The molecule has 1 aromatic rings. The van der Waals surface area contributed by atoms with Gasteiger partial charge >= 0.3 is 0 Å². The third-order valence-electron chi connectivity index (χ3n) is 2.65. The fraction of sp³-hybridized carbons (Fsp3) is 0.385. The van der Waals surface area contributed by atoms with Crippen LogP contribution in [0.25, 0.3) is 0 Å². The zero-order valence-corrected chi connectivity index (χ0v) is 10.9. The predicted molar refractivity (Wildman–Crippen MR) is 72.2 cm³/mol. The Morgan fingerprint density at radius 3 is 2.22 bits per heavy atom. The number of nitrogens with one attached hydrogen (secondary N) is 2. The fourth-order valence-corrected chi connectivity index (χ4v) is 1.37. The van der Waals surface area contributed by atoms with Crippen molar-refractivity contribution in [2.75, 3.05) is 10.6 Å². The average Bonchev–Trinajstić information content (AvgIpc) is 2.27. The van der Waals surface area contributed by atoms with Crippen LogP contribution in [-0.4, -0.2) is 17.9 Å². The molecule has 0 aliphatic heterocycles. The van der Waals surface area contributed by atoms with E-state index in [0.29, 0.717) is 11.4 Å². The van der Waals surface area contributed by atoms with Crippen LogP contribution in [0, 0.1) is 5.92 Å². The summed E-state index contributed by atoms with van der Waals surface area (Å²) in [7, 11) is 0. The topological polar surface area (TPSA) is 84.2 Å². The number of anilines is 2. The summed E-state index contributed by atoms with van der Waals surface area (Å²) in [6.45, 7) is 5.00. The summed E-state index contributed by atoms with van der Waals surface area (Å²) in [5.41, 5.74) is 6.95. The van der Waals surface area contributed by atoms with Crippen LogP contribution in [0.1, 0.15) is 20.8 Å². The van der Waals surface area contributed by atoms with E-state index in [4.69, 9.17) is 5.73 Å². The Morgan fingerprint density at radius 1 is 1.17 bits per heavy atom. The summed E-state index contributed by atoms with van der Waals surface area (Å²) in [6, 6.07) is 6.77. The van der Waals surface area contributed by atoms with Crippen LogP contribution >= 0.6 is 0 Å². The van der Waals surface area contributed by atoms with Gasteiger partial charge in [-0.05, 0) is 25.1 Å². The molecule has 0 radical (unpaired) electrons. The standard InChI is InChI=1S/C13H19N3O2/c1-8(9(2)14)13(18)16-12-6-4-5-11(7-12)15-10(3)17/h4-9H,14H2,1-3H3,(H,15,17)(H,16,18). The van der Waals surface area contributed by atoms with Gasteiger partial charge in [0.15, 0.2) is 0 Å². The molecule has 2 atom stereocenters. The van der Waals surface area contributed by atoms with Crippen molar-refractivity contribution < 1.29 is 9.59 Å². The smallest absolute Gasteiger partial charge is 0.228 e. The SMILES string of the molecule is CC(=O)Nc1cccc(NC(=O)C(C)C(C)N)c1. The number of carbonyl (C=O) groups excluding carboxylic acids is 2. The molecule has 1 aromatic carbocycles. The molecule has 0 spiro atoms. The molecule has 98 valence electrons. The molecule has 5 nitrogen and oxygen atoms in total. The van der Waals surface area contributed by atoms with E-state index in [9.17, 15) is 9.59 Å². The number of hydrogen-bond donors (Lipinski definition) is 3. The van der Waals surface area contributed by atoms with Crippen molar-refractivity contribution in [2.24, 2.45) is 11.7 Å². The number of nitrogens with two attached hydrogens (primary N) is 1. The van der Waals surface area contributed by atoms with Crippen LogP contribution in [0.5, 0.6) is 0 Å². The second kappa shape index (κ2) is 6.16. The number of benzene rings is 1.